The molecule has 2 aromatic rings. The predicted molar refractivity (Wildman–Crippen MR) is 109 cm³/mol. The van der Waals surface area contributed by atoms with Gasteiger partial charge >= 0.3 is 6.36 Å². The van der Waals surface area contributed by atoms with Crippen molar-refractivity contribution >= 4 is 11.6 Å². The molecule has 1 amide bonds. The highest BCUT2D eigenvalue weighted by Gasteiger charge is 2.35. The van der Waals surface area contributed by atoms with Crippen LogP contribution in [0.3, 0.4) is 0 Å². The van der Waals surface area contributed by atoms with Crippen LogP contribution in [0.5, 0.6) is 23.0 Å². The van der Waals surface area contributed by atoms with Crippen LogP contribution in [0.1, 0.15) is 20.3 Å². The van der Waals surface area contributed by atoms with Crippen molar-refractivity contribution in [2.24, 2.45) is 0 Å². The van der Waals surface area contributed by atoms with Gasteiger partial charge in [0.05, 0.1) is 12.7 Å². The molecule has 0 saturated carbocycles. The van der Waals surface area contributed by atoms with E-state index < -0.39 is 23.8 Å². The van der Waals surface area contributed by atoms with Gasteiger partial charge in [0.25, 0.3) is 5.91 Å². The summed E-state index contributed by atoms with van der Waals surface area (Å²) in [4.78, 5) is 14.4. The molecule has 1 fully saturated rings. The van der Waals surface area contributed by atoms with Crippen LogP contribution in [0.4, 0.5) is 18.9 Å². The van der Waals surface area contributed by atoms with Gasteiger partial charge in [-0.15, -0.1) is 13.2 Å². The summed E-state index contributed by atoms with van der Waals surface area (Å²) in [5, 5.41) is 9.83. The van der Waals surface area contributed by atoms with Crippen LogP contribution in [0.2, 0.25) is 0 Å². The van der Waals surface area contributed by atoms with E-state index in [2.05, 4.69) is 4.74 Å². The first kappa shape index (κ1) is 23.5. The van der Waals surface area contributed by atoms with E-state index in [4.69, 9.17) is 14.2 Å². The first-order chi connectivity index (χ1) is 14.9. The number of amides is 1. The molecule has 2 aromatic carbocycles. The molecule has 1 aliphatic heterocycles. The number of rotatable bonds is 8. The van der Waals surface area contributed by atoms with Gasteiger partial charge in [-0.3, -0.25) is 4.79 Å². The Balaban J connectivity index is 1.69. The van der Waals surface area contributed by atoms with Crippen LogP contribution in [0.15, 0.2) is 42.5 Å². The van der Waals surface area contributed by atoms with Gasteiger partial charge in [0, 0.05) is 30.8 Å². The van der Waals surface area contributed by atoms with Crippen molar-refractivity contribution in [2.75, 3.05) is 25.2 Å². The SMILES string of the molecule is COc1cc(N2CCC(Oc3cccc(OC(F)(F)F)c3)C2=O)ccc1OCC(C)(C)O. The molecular formula is C22H24F3NO6. The Labute approximate surface area is 183 Å². The van der Waals surface area contributed by atoms with Crippen molar-refractivity contribution in [3.63, 3.8) is 0 Å². The molecule has 3 rings (SSSR count). The predicted octanol–water partition coefficient (Wildman–Crippen LogP) is 3.93. The first-order valence-electron chi connectivity index (χ1n) is 9.82. The van der Waals surface area contributed by atoms with Crippen LogP contribution in [0, 0.1) is 0 Å². The zero-order chi connectivity index (χ0) is 23.5. The minimum Gasteiger partial charge on any atom is -0.493 e. The van der Waals surface area contributed by atoms with Crippen LogP contribution in [0.25, 0.3) is 0 Å². The molecule has 32 heavy (non-hydrogen) atoms. The van der Waals surface area contributed by atoms with Gasteiger partial charge in [0.1, 0.15) is 18.1 Å². The van der Waals surface area contributed by atoms with E-state index >= 15 is 0 Å². The molecule has 7 nitrogen and oxygen atoms in total. The van der Waals surface area contributed by atoms with Gasteiger partial charge in [0.15, 0.2) is 17.6 Å². The van der Waals surface area contributed by atoms with Crippen LogP contribution >= 0.6 is 0 Å². The second kappa shape index (κ2) is 9.15. The lowest BCUT2D eigenvalue weighted by Gasteiger charge is -2.21. The third kappa shape index (κ3) is 6.19. The van der Waals surface area contributed by atoms with Crippen LogP contribution < -0.4 is 23.8 Å². The summed E-state index contributed by atoms with van der Waals surface area (Å²) >= 11 is 0. The van der Waals surface area contributed by atoms with Gasteiger partial charge in [0.2, 0.25) is 0 Å². The highest BCUT2D eigenvalue weighted by molar-refractivity contribution is 5.99. The van der Waals surface area contributed by atoms with Crippen molar-refractivity contribution in [3.05, 3.63) is 42.5 Å². The lowest BCUT2D eigenvalue weighted by molar-refractivity contribution is -0.274. The molecular weight excluding hydrogens is 431 g/mol. The average molecular weight is 455 g/mol. The van der Waals surface area contributed by atoms with Gasteiger partial charge in [-0.25, -0.2) is 0 Å². The third-order valence-corrected chi connectivity index (χ3v) is 4.51. The average Bonchev–Trinajstić information content (AvgIpc) is 3.05. The molecule has 1 unspecified atom stereocenters. The molecule has 1 atom stereocenters. The summed E-state index contributed by atoms with van der Waals surface area (Å²) in [6, 6.07) is 10.00. The number of methoxy groups -OCH3 is 1. The largest absolute Gasteiger partial charge is 0.573 e. The fourth-order valence-electron chi connectivity index (χ4n) is 3.13. The van der Waals surface area contributed by atoms with Gasteiger partial charge < -0.3 is 29.0 Å². The zero-order valence-electron chi connectivity index (χ0n) is 17.8. The number of halogens is 3. The van der Waals surface area contributed by atoms with Crippen LogP contribution in [-0.2, 0) is 4.79 Å². The maximum atomic E-state index is 12.9. The van der Waals surface area contributed by atoms with Crippen molar-refractivity contribution in [1.82, 2.24) is 0 Å². The summed E-state index contributed by atoms with van der Waals surface area (Å²) < 4.78 is 57.7. The molecule has 1 heterocycles. The normalized spacial score (nSPS) is 16.8. The second-order valence-corrected chi connectivity index (χ2v) is 7.84. The maximum Gasteiger partial charge on any atom is 0.573 e. The van der Waals surface area contributed by atoms with E-state index in [9.17, 15) is 23.1 Å². The van der Waals surface area contributed by atoms with Gasteiger partial charge in [-0.2, -0.15) is 0 Å². The molecule has 0 radical (unpaired) electrons. The number of hydrogen-bond acceptors (Lipinski definition) is 6. The molecule has 0 aliphatic carbocycles. The topological polar surface area (TPSA) is 77.5 Å². The third-order valence-electron chi connectivity index (χ3n) is 4.51. The molecule has 174 valence electrons. The Bertz CT molecular complexity index is 957. The summed E-state index contributed by atoms with van der Waals surface area (Å²) in [6.45, 7) is 3.64. The van der Waals surface area contributed by atoms with Crippen molar-refractivity contribution in [1.29, 1.82) is 0 Å². The second-order valence-electron chi connectivity index (χ2n) is 7.84. The highest BCUT2D eigenvalue weighted by Crippen LogP contribution is 2.35. The number of anilines is 1. The number of ether oxygens (including phenoxy) is 4. The number of alkyl halides is 3. The minimum absolute atomic E-state index is 0.0540. The number of aliphatic hydroxyl groups is 1. The number of carbonyl (C=O) groups excluding carboxylic acids is 1. The van der Waals surface area contributed by atoms with E-state index in [1.807, 2.05) is 0 Å². The molecule has 1 aliphatic rings. The van der Waals surface area contributed by atoms with E-state index in [0.29, 0.717) is 30.2 Å². The highest BCUT2D eigenvalue weighted by atomic mass is 19.4. The molecule has 1 saturated heterocycles. The Morgan fingerprint density at radius 2 is 1.81 bits per heavy atom. The van der Waals surface area contributed by atoms with Gasteiger partial charge in [-0.05, 0) is 38.1 Å². The number of carbonyl (C=O) groups is 1. The minimum atomic E-state index is -4.82. The fraction of sp³-hybridized carbons (Fsp3) is 0.409. The van der Waals surface area contributed by atoms with Crippen molar-refractivity contribution in [2.45, 2.75) is 38.3 Å². The standard InChI is InChI=1S/C22H24F3NO6/c1-21(2,28)13-30-17-8-7-14(11-19(17)29-3)26-10-9-18(20(26)27)31-15-5-4-6-16(12-15)32-22(23,24)25/h4-8,11-12,18,28H,9-10,13H2,1-3H3. The van der Waals surface area contributed by atoms with Gasteiger partial charge in [-0.1, -0.05) is 6.07 Å². The number of benzene rings is 2. The first-order valence-corrected chi connectivity index (χ1v) is 9.82. The summed E-state index contributed by atoms with van der Waals surface area (Å²) in [6.07, 6.45) is -5.32. The molecule has 10 heteroatoms. The molecule has 0 aromatic heterocycles. The van der Waals surface area contributed by atoms with E-state index in [1.54, 1.807) is 32.0 Å². The van der Waals surface area contributed by atoms with Crippen LogP contribution in [-0.4, -0.2) is 49.3 Å². The van der Waals surface area contributed by atoms with Crippen molar-refractivity contribution < 1.29 is 42.0 Å². The van der Waals surface area contributed by atoms with E-state index in [1.165, 1.54) is 24.1 Å². The lowest BCUT2D eigenvalue weighted by atomic mass is 10.2. The summed E-state index contributed by atoms with van der Waals surface area (Å²) in [5.74, 6) is 0.142. The quantitative estimate of drug-likeness (QED) is 0.650. The zero-order valence-corrected chi connectivity index (χ0v) is 17.8. The van der Waals surface area contributed by atoms with E-state index in [0.717, 1.165) is 12.1 Å². The Hall–Kier alpha value is -3.14. The Morgan fingerprint density at radius 1 is 1.09 bits per heavy atom. The lowest BCUT2D eigenvalue weighted by Crippen LogP contribution is -2.32. The summed E-state index contributed by atoms with van der Waals surface area (Å²) in [5.41, 5.74) is -0.468. The Morgan fingerprint density at radius 3 is 2.47 bits per heavy atom. The molecule has 1 N–H and O–H groups in total. The summed E-state index contributed by atoms with van der Waals surface area (Å²) in [7, 11) is 1.46. The Kier molecular flexibility index (Phi) is 6.73. The van der Waals surface area contributed by atoms with E-state index in [-0.39, 0.29) is 18.3 Å². The monoisotopic (exact) mass is 455 g/mol. The smallest absolute Gasteiger partial charge is 0.493 e. The maximum absolute atomic E-state index is 12.9. The molecule has 0 bridgehead atoms. The fourth-order valence-corrected chi connectivity index (χ4v) is 3.13. The number of hydrogen-bond donors (Lipinski definition) is 1. The molecule has 0 spiro atoms. The van der Waals surface area contributed by atoms with Crippen molar-refractivity contribution in [3.8, 4) is 23.0 Å². The number of nitrogens with zero attached hydrogens (tertiary/aromatic N) is 1.